The molecule has 1 aliphatic heterocycles. The molecule has 3 rings (SSSR count). The molecule has 0 saturated carbocycles. The zero-order chi connectivity index (χ0) is 18.5. The first-order valence-electron chi connectivity index (χ1n) is 9.20. The minimum atomic E-state index is 0.536. The van der Waals surface area contributed by atoms with Crippen molar-refractivity contribution < 1.29 is 0 Å². The van der Waals surface area contributed by atoms with Gasteiger partial charge in [-0.05, 0) is 50.4 Å². The monoisotopic (exact) mass is 369 g/mol. The lowest BCUT2D eigenvalue weighted by atomic mass is 10.0. The van der Waals surface area contributed by atoms with Gasteiger partial charge < -0.3 is 15.5 Å². The van der Waals surface area contributed by atoms with Crippen LogP contribution in [0.4, 0.5) is 11.8 Å². The molecule has 1 aromatic carbocycles. The maximum atomic E-state index is 5.41. The van der Waals surface area contributed by atoms with Gasteiger partial charge in [0.15, 0.2) is 5.11 Å². The number of hydrogen-bond acceptors (Lipinski definition) is 4. The van der Waals surface area contributed by atoms with Gasteiger partial charge in [-0.2, -0.15) is 4.98 Å². The van der Waals surface area contributed by atoms with Crippen molar-refractivity contribution in [3.63, 3.8) is 0 Å². The smallest absolute Gasteiger partial charge is 0.231 e. The molecule has 0 unspecified atom stereocenters. The fraction of sp³-hybridized carbons (Fsp3) is 0.450. The fourth-order valence-electron chi connectivity index (χ4n) is 3.20. The molecule has 1 fully saturated rings. The van der Waals surface area contributed by atoms with E-state index in [0.29, 0.717) is 23.5 Å². The molecule has 1 aromatic heterocycles. The van der Waals surface area contributed by atoms with Crippen LogP contribution >= 0.6 is 12.2 Å². The number of rotatable bonds is 4. The van der Waals surface area contributed by atoms with Gasteiger partial charge in [0.2, 0.25) is 5.95 Å². The molecule has 1 aliphatic rings. The Hall–Kier alpha value is -2.21. The largest absolute Gasteiger partial charge is 0.358 e. The van der Waals surface area contributed by atoms with Crippen molar-refractivity contribution in [2.24, 2.45) is 5.92 Å². The first-order chi connectivity index (χ1) is 12.5. The third-order valence-corrected chi connectivity index (χ3v) is 4.87. The average Bonchev–Trinajstić information content (AvgIpc) is 2.61. The highest BCUT2D eigenvalue weighted by atomic mass is 32.1. The van der Waals surface area contributed by atoms with Crippen LogP contribution in [0, 0.1) is 19.8 Å². The van der Waals surface area contributed by atoms with Gasteiger partial charge in [-0.15, -0.1) is 0 Å². The Morgan fingerprint density at radius 1 is 1.23 bits per heavy atom. The van der Waals surface area contributed by atoms with Crippen LogP contribution in [0.5, 0.6) is 0 Å². The zero-order valence-corrected chi connectivity index (χ0v) is 16.6. The van der Waals surface area contributed by atoms with E-state index >= 15 is 0 Å². The van der Waals surface area contributed by atoms with Crippen LogP contribution in [0.2, 0.25) is 0 Å². The first kappa shape index (κ1) is 18.6. The summed E-state index contributed by atoms with van der Waals surface area (Å²) in [7, 11) is 0. The van der Waals surface area contributed by atoms with Crippen LogP contribution in [0.3, 0.4) is 0 Å². The van der Waals surface area contributed by atoms with E-state index in [9.17, 15) is 0 Å². The van der Waals surface area contributed by atoms with Crippen LogP contribution < -0.4 is 15.5 Å². The topological polar surface area (TPSA) is 53.1 Å². The third-order valence-electron chi connectivity index (χ3n) is 4.62. The highest BCUT2D eigenvalue weighted by Gasteiger charge is 2.18. The van der Waals surface area contributed by atoms with Crippen LogP contribution in [0.1, 0.15) is 36.6 Å². The Morgan fingerprint density at radius 3 is 2.73 bits per heavy atom. The van der Waals surface area contributed by atoms with Gasteiger partial charge in [0, 0.05) is 31.4 Å². The van der Waals surface area contributed by atoms with E-state index in [1.54, 1.807) is 0 Å². The predicted octanol–water partition coefficient (Wildman–Crippen LogP) is 3.82. The Balaban J connectivity index is 1.61. The molecule has 0 aliphatic carbocycles. The molecule has 0 spiro atoms. The van der Waals surface area contributed by atoms with Crippen molar-refractivity contribution in [2.45, 2.75) is 40.2 Å². The van der Waals surface area contributed by atoms with Gasteiger partial charge in [0.05, 0.1) is 0 Å². The van der Waals surface area contributed by atoms with E-state index in [-0.39, 0.29) is 0 Å². The fourth-order valence-corrected chi connectivity index (χ4v) is 3.36. The summed E-state index contributed by atoms with van der Waals surface area (Å²) in [5.74, 6) is 2.24. The number of benzene rings is 1. The van der Waals surface area contributed by atoms with E-state index < -0.39 is 0 Å². The number of anilines is 2. The van der Waals surface area contributed by atoms with Gasteiger partial charge in [-0.25, -0.2) is 4.98 Å². The summed E-state index contributed by atoms with van der Waals surface area (Å²) in [6, 6.07) is 10.4. The Kier molecular flexibility index (Phi) is 6.04. The molecule has 6 heteroatoms. The molecule has 2 heterocycles. The zero-order valence-electron chi connectivity index (χ0n) is 15.7. The maximum Gasteiger partial charge on any atom is 0.231 e. The predicted molar refractivity (Wildman–Crippen MR) is 112 cm³/mol. The van der Waals surface area contributed by atoms with Gasteiger partial charge in [-0.3, -0.25) is 0 Å². The van der Waals surface area contributed by atoms with Crippen molar-refractivity contribution in [1.29, 1.82) is 0 Å². The van der Waals surface area contributed by atoms with Crippen LogP contribution in [-0.4, -0.2) is 28.2 Å². The summed E-state index contributed by atoms with van der Waals surface area (Å²) < 4.78 is 0. The van der Waals surface area contributed by atoms with E-state index in [1.807, 2.05) is 13.0 Å². The SMILES string of the molecule is Cc1ccc(CNC(=S)Nc2nc(C)cc(N3CCC[C@@H](C)C3)n2)cc1. The van der Waals surface area contributed by atoms with Gasteiger partial charge >= 0.3 is 0 Å². The highest BCUT2D eigenvalue weighted by Crippen LogP contribution is 2.22. The van der Waals surface area contributed by atoms with Gasteiger partial charge in [0.1, 0.15) is 5.82 Å². The molecule has 138 valence electrons. The second-order valence-electron chi connectivity index (χ2n) is 7.18. The summed E-state index contributed by atoms with van der Waals surface area (Å²) in [6.45, 7) is 9.14. The highest BCUT2D eigenvalue weighted by molar-refractivity contribution is 7.80. The quantitative estimate of drug-likeness (QED) is 0.799. The van der Waals surface area contributed by atoms with Crippen molar-refractivity contribution in [2.75, 3.05) is 23.3 Å². The summed E-state index contributed by atoms with van der Waals surface area (Å²) in [6.07, 6.45) is 2.50. The van der Waals surface area contributed by atoms with Crippen molar-refractivity contribution >= 4 is 29.1 Å². The number of piperidine rings is 1. The molecule has 2 aromatic rings. The van der Waals surface area contributed by atoms with E-state index in [0.717, 1.165) is 24.6 Å². The number of aromatic nitrogens is 2. The molecule has 0 radical (unpaired) electrons. The second kappa shape index (κ2) is 8.45. The lowest BCUT2D eigenvalue weighted by Crippen LogP contribution is -2.35. The van der Waals surface area contributed by atoms with Gasteiger partial charge in [0.25, 0.3) is 0 Å². The Morgan fingerprint density at radius 2 is 2.00 bits per heavy atom. The lowest BCUT2D eigenvalue weighted by Gasteiger charge is -2.32. The van der Waals surface area contributed by atoms with E-state index in [2.05, 4.69) is 63.6 Å². The molecule has 0 bridgehead atoms. The number of nitrogens with zero attached hydrogens (tertiary/aromatic N) is 3. The standard InChI is InChI=1S/C20H27N5S/c1-14-6-8-17(9-7-14)12-21-20(26)24-19-22-16(3)11-18(23-19)25-10-4-5-15(2)13-25/h6-9,11,15H,4-5,10,12-13H2,1-3H3,(H2,21,22,23,24,26)/t15-/m1/s1. The molecule has 1 saturated heterocycles. The van der Waals surface area contributed by atoms with Crippen LogP contribution in [-0.2, 0) is 6.54 Å². The van der Waals surface area contributed by atoms with Crippen molar-refractivity contribution in [3.8, 4) is 0 Å². The molecule has 0 amide bonds. The number of aryl methyl sites for hydroxylation is 2. The van der Waals surface area contributed by atoms with Crippen molar-refractivity contribution in [3.05, 3.63) is 47.2 Å². The van der Waals surface area contributed by atoms with Crippen molar-refractivity contribution in [1.82, 2.24) is 15.3 Å². The molecular formula is C20H27N5S. The van der Waals surface area contributed by atoms with E-state index in [1.165, 1.54) is 24.0 Å². The lowest BCUT2D eigenvalue weighted by molar-refractivity contribution is 0.444. The average molecular weight is 370 g/mol. The van der Waals surface area contributed by atoms with Crippen LogP contribution in [0.15, 0.2) is 30.3 Å². The maximum absolute atomic E-state index is 5.41. The molecule has 5 nitrogen and oxygen atoms in total. The Labute approximate surface area is 161 Å². The summed E-state index contributed by atoms with van der Waals surface area (Å²) >= 11 is 5.41. The summed E-state index contributed by atoms with van der Waals surface area (Å²) in [5.41, 5.74) is 3.38. The summed E-state index contributed by atoms with van der Waals surface area (Å²) in [5, 5.41) is 6.88. The first-order valence-corrected chi connectivity index (χ1v) is 9.61. The minimum Gasteiger partial charge on any atom is -0.358 e. The molecule has 1 atom stereocenters. The normalized spacial score (nSPS) is 17.0. The van der Waals surface area contributed by atoms with E-state index in [4.69, 9.17) is 12.2 Å². The molecule has 26 heavy (non-hydrogen) atoms. The molecule has 2 N–H and O–H groups in total. The molecular weight excluding hydrogens is 342 g/mol. The number of hydrogen-bond donors (Lipinski definition) is 2. The Bertz CT molecular complexity index is 759. The third kappa shape index (κ3) is 5.14. The minimum absolute atomic E-state index is 0.536. The second-order valence-corrected chi connectivity index (χ2v) is 7.59. The number of nitrogens with one attached hydrogen (secondary N) is 2. The van der Waals surface area contributed by atoms with Gasteiger partial charge in [-0.1, -0.05) is 36.8 Å². The summed E-state index contributed by atoms with van der Waals surface area (Å²) in [4.78, 5) is 11.5. The number of thiocarbonyl (C=S) groups is 1. The van der Waals surface area contributed by atoms with Crippen LogP contribution in [0.25, 0.3) is 0 Å².